The van der Waals surface area contributed by atoms with E-state index in [1.54, 1.807) is 49.4 Å². The molecule has 0 spiro atoms. The van der Waals surface area contributed by atoms with Gasteiger partial charge in [-0.15, -0.1) is 0 Å². The molecule has 1 heterocycles. The lowest BCUT2D eigenvalue weighted by Gasteiger charge is -2.22. The quantitative estimate of drug-likeness (QED) is 0.288. The molecule has 5 rings (SSSR count). The van der Waals surface area contributed by atoms with Crippen molar-refractivity contribution in [3.05, 3.63) is 101 Å². The summed E-state index contributed by atoms with van der Waals surface area (Å²) in [5, 5.41) is 0.362. The molecule has 1 fully saturated rings. The van der Waals surface area contributed by atoms with Crippen LogP contribution in [0, 0.1) is 13.8 Å². The minimum absolute atomic E-state index is 0. The molecule has 2 atom stereocenters. The molecule has 4 aromatic rings. The Morgan fingerprint density at radius 3 is 2.38 bits per heavy atom. The number of halogens is 3. The van der Waals surface area contributed by atoms with Gasteiger partial charge >= 0.3 is 6.18 Å². The standard InChI is InChI=1S/C29H25F3N2O4S.CH4/c1-17-7-14-25(38-3)22(15-17)28(16-23(28)19-9-11-20(12-10-19)29(30,31)32)27(35)34-39(36,37)26-6-4-5-24-21(26)13-8-18(2)33-24;/h4-15,23H,16H2,1-3H3,(H,34,35);1H4/t23-,28-;/m1./s1. The summed E-state index contributed by atoms with van der Waals surface area (Å²) in [6.07, 6.45) is -4.31. The Balaban J connectivity index is 0.00000370. The van der Waals surface area contributed by atoms with Crippen molar-refractivity contribution in [3.63, 3.8) is 0 Å². The highest BCUT2D eigenvalue weighted by molar-refractivity contribution is 7.90. The van der Waals surface area contributed by atoms with Gasteiger partial charge in [-0.05, 0) is 68.3 Å². The maximum atomic E-state index is 14.0. The predicted molar refractivity (Wildman–Crippen MR) is 147 cm³/mol. The van der Waals surface area contributed by atoms with Gasteiger partial charge in [0.15, 0.2) is 0 Å². The molecule has 1 aliphatic carbocycles. The number of hydrogen-bond donors (Lipinski definition) is 1. The molecule has 210 valence electrons. The van der Waals surface area contributed by atoms with Crippen molar-refractivity contribution in [2.24, 2.45) is 0 Å². The van der Waals surface area contributed by atoms with E-state index in [1.165, 1.54) is 25.3 Å². The van der Waals surface area contributed by atoms with Crippen LogP contribution >= 0.6 is 0 Å². The molecule has 0 bridgehead atoms. The maximum Gasteiger partial charge on any atom is 0.416 e. The molecule has 0 radical (unpaired) electrons. The minimum Gasteiger partial charge on any atom is -0.496 e. The second-order valence-corrected chi connectivity index (χ2v) is 11.4. The fourth-order valence-electron chi connectivity index (χ4n) is 5.14. The molecule has 3 aromatic carbocycles. The largest absolute Gasteiger partial charge is 0.496 e. The highest BCUT2D eigenvalue weighted by atomic mass is 32.2. The zero-order valence-corrected chi connectivity index (χ0v) is 22.2. The Morgan fingerprint density at radius 1 is 1.02 bits per heavy atom. The molecular weight excluding hydrogens is 541 g/mol. The van der Waals surface area contributed by atoms with E-state index in [1.807, 2.05) is 6.92 Å². The highest BCUT2D eigenvalue weighted by Crippen LogP contribution is 2.62. The summed E-state index contributed by atoms with van der Waals surface area (Å²) in [5.41, 5.74) is 0.774. The number of nitrogens with one attached hydrogen (secondary N) is 1. The molecule has 1 aliphatic rings. The number of carbonyl (C=O) groups is 1. The van der Waals surface area contributed by atoms with E-state index in [4.69, 9.17) is 4.74 Å². The van der Waals surface area contributed by atoms with Crippen molar-refractivity contribution in [3.8, 4) is 5.75 Å². The number of carbonyl (C=O) groups excluding carboxylic acids is 1. The first kappa shape index (κ1) is 29.1. The molecule has 1 saturated carbocycles. The molecule has 6 nitrogen and oxygen atoms in total. The Hall–Kier alpha value is -3.92. The number of aryl methyl sites for hydroxylation is 2. The Kier molecular flexibility index (Phi) is 7.44. The number of nitrogens with zero attached hydrogens (tertiary/aromatic N) is 1. The fourth-order valence-corrected chi connectivity index (χ4v) is 6.40. The van der Waals surface area contributed by atoms with Gasteiger partial charge in [0, 0.05) is 22.6 Å². The van der Waals surface area contributed by atoms with E-state index in [0.717, 1.165) is 17.7 Å². The molecule has 0 unspecified atom stereocenters. The van der Waals surface area contributed by atoms with Gasteiger partial charge in [-0.1, -0.05) is 43.3 Å². The lowest BCUT2D eigenvalue weighted by molar-refractivity contribution is -0.137. The number of pyridine rings is 1. The molecule has 40 heavy (non-hydrogen) atoms. The van der Waals surface area contributed by atoms with Crippen molar-refractivity contribution in [1.82, 2.24) is 9.71 Å². The third kappa shape index (κ3) is 5.03. The molecule has 10 heteroatoms. The fraction of sp³-hybridized carbons (Fsp3) is 0.267. The van der Waals surface area contributed by atoms with Gasteiger partial charge in [0.1, 0.15) is 5.75 Å². The number of ether oxygens (including phenoxy) is 1. The predicted octanol–water partition coefficient (Wildman–Crippen LogP) is 6.45. The first-order valence-corrected chi connectivity index (χ1v) is 13.6. The van der Waals surface area contributed by atoms with Crippen LogP contribution in [0.5, 0.6) is 5.75 Å². The van der Waals surface area contributed by atoms with E-state index in [0.29, 0.717) is 33.5 Å². The van der Waals surface area contributed by atoms with E-state index < -0.39 is 39.0 Å². The lowest BCUT2D eigenvalue weighted by Crippen LogP contribution is -2.40. The SMILES string of the molecule is C.COc1ccc(C)cc1[C@]1(C(=O)NS(=O)(=O)c2cccc3nc(C)ccc23)C[C@@H]1c1ccc(C(F)(F)F)cc1. The van der Waals surface area contributed by atoms with Crippen molar-refractivity contribution in [1.29, 1.82) is 0 Å². The Morgan fingerprint density at radius 2 is 1.73 bits per heavy atom. The number of fused-ring (bicyclic) bond motifs is 1. The van der Waals surface area contributed by atoms with Gasteiger partial charge in [0.2, 0.25) is 5.91 Å². The number of hydrogen-bond acceptors (Lipinski definition) is 5. The number of methoxy groups -OCH3 is 1. The van der Waals surface area contributed by atoms with Crippen molar-refractivity contribution >= 4 is 26.8 Å². The summed E-state index contributed by atoms with van der Waals surface area (Å²) in [4.78, 5) is 18.2. The van der Waals surface area contributed by atoms with Crippen molar-refractivity contribution < 1.29 is 31.1 Å². The first-order chi connectivity index (χ1) is 18.4. The Labute approximate surface area is 231 Å². The van der Waals surface area contributed by atoms with Gasteiger partial charge in [0.05, 0.1) is 28.5 Å². The topological polar surface area (TPSA) is 85.4 Å². The number of benzene rings is 3. The van der Waals surface area contributed by atoms with Crippen molar-refractivity contribution in [2.75, 3.05) is 7.11 Å². The van der Waals surface area contributed by atoms with Gasteiger partial charge in [-0.2, -0.15) is 13.2 Å². The van der Waals surface area contributed by atoms with Crippen LogP contribution in [0.4, 0.5) is 13.2 Å². The summed E-state index contributed by atoms with van der Waals surface area (Å²) in [6, 6.07) is 17.8. The highest BCUT2D eigenvalue weighted by Gasteiger charge is 2.63. The van der Waals surface area contributed by atoms with Crippen LogP contribution in [-0.4, -0.2) is 26.4 Å². The van der Waals surface area contributed by atoms with Crippen LogP contribution < -0.4 is 9.46 Å². The Bertz CT molecular complexity index is 1700. The zero-order valence-electron chi connectivity index (χ0n) is 21.3. The number of alkyl halides is 3. The van der Waals surface area contributed by atoms with Gasteiger partial charge in [0.25, 0.3) is 10.0 Å². The van der Waals surface area contributed by atoms with Crippen LogP contribution in [0.25, 0.3) is 10.9 Å². The molecule has 1 aromatic heterocycles. The smallest absolute Gasteiger partial charge is 0.416 e. The molecular formula is C30H29F3N2O4S. The number of rotatable bonds is 6. The van der Waals surface area contributed by atoms with Crippen LogP contribution in [0.3, 0.4) is 0 Å². The lowest BCUT2D eigenvalue weighted by atomic mass is 9.88. The minimum atomic E-state index is -4.50. The van der Waals surface area contributed by atoms with Crippen LogP contribution in [0.15, 0.2) is 77.7 Å². The van der Waals surface area contributed by atoms with Gasteiger partial charge in [-0.3, -0.25) is 9.78 Å². The van der Waals surface area contributed by atoms with E-state index >= 15 is 0 Å². The summed E-state index contributed by atoms with van der Waals surface area (Å²) in [6.45, 7) is 3.61. The molecule has 0 aliphatic heterocycles. The third-order valence-electron chi connectivity index (χ3n) is 7.19. The van der Waals surface area contributed by atoms with Crippen LogP contribution in [0.1, 0.15) is 47.7 Å². The van der Waals surface area contributed by atoms with E-state index in [9.17, 15) is 26.4 Å². The molecule has 1 N–H and O–H groups in total. The second kappa shape index (κ2) is 10.2. The summed E-state index contributed by atoms with van der Waals surface area (Å²) < 4.78 is 74.3. The van der Waals surface area contributed by atoms with Crippen molar-refractivity contribution in [2.45, 2.75) is 50.1 Å². The monoisotopic (exact) mass is 570 g/mol. The summed E-state index contributed by atoms with van der Waals surface area (Å²) in [5.74, 6) is -0.969. The molecule has 0 saturated heterocycles. The van der Waals surface area contributed by atoms with E-state index in [-0.39, 0.29) is 18.7 Å². The van der Waals surface area contributed by atoms with E-state index in [2.05, 4.69) is 9.71 Å². The summed E-state index contributed by atoms with van der Waals surface area (Å²) >= 11 is 0. The first-order valence-electron chi connectivity index (χ1n) is 12.1. The maximum absolute atomic E-state index is 14.0. The number of aromatic nitrogens is 1. The average molecular weight is 571 g/mol. The number of amides is 1. The number of sulfonamides is 1. The molecule has 1 amide bonds. The average Bonchev–Trinajstić information content (AvgIpc) is 3.64. The zero-order chi connectivity index (χ0) is 28.2. The van der Waals surface area contributed by atoms with Crippen LogP contribution in [0.2, 0.25) is 0 Å². The van der Waals surface area contributed by atoms with Gasteiger partial charge in [-0.25, -0.2) is 13.1 Å². The normalized spacial score (nSPS) is 18.6. The van der Waals surface area contributed by atoms with Gasteiger partial charge < -0.3 is 4.74 Å². The van der Waals surface area contributed by atoms with Crippen LogP contribution in [-0.2, 0) is 26.4 Å². The third-order valence-corrected chi connectivity index (χ3v) is 8.58. The second-order valence-electron chi connectivity index (χ2n) is 9.76. The summed E-state index contributed by atoms with van der Waals surface area (Å²) in [7, 11) is -2.90.